The van der Waals surface area contributed by atoms with E-state index >= 15 is 0 Å². The number of amides is 3. The average Bonchev–Trinajstić information content (AvgIpc) is 3.60. The third-order valence-corrected chi connectivity index (χ3v) is 9.20. The minimum Gasteiger partial charge on any atom is -0.324 e. The Morgan fingerprint density at radius 2 is 1.62 bits per heavy atom. The van der Waals surface area contributed by atoms with Crippen LogP contribution in [0.4, 0.5) is 5.69 Å². The summed E-state index contributed by atoms with van der Waals surface area (Å²) in [5.74, 6) is 0.0587. The monoisotopic (exact) mass is 518 g/mol. The van der Waals surface area contributed by atoms with Gasteiger partial charge in [0, 0.05) is 16.6 Å². The normalized spacial score (nSPS) is 31.3. The molecule has 3 amide bonds. The first-order valence-corrected chi connectivity index (χ1v) is 12.8. The van der Waals surface area contributed by atoms with Crippen LogP contribution in [0, 0.1) is 49.4 Å². The predicted molar refractivity (Wildman–Crippen MR) is 133 cm³/mol. The number of carbonyl (C=O) groups excluding carboxylic acids is 3. The minimum absolute atomic E-state index is 0.137. The van der Waals surface area contributed by atoms with Crippen LogP contribution in [-0.4, -0.2) is 28.7 Å². The van der Waals surface area contributed by atoms with Crippen LogP contribution in [-0.2, 0) is 20.8 Å². The third kappa shape index (κ3) is 3.29. The molecule has 3 fully saturated rings. The Morgan fingerprint density at radius 1 is 1.00 bits per heavy atom. The minimum atomic E-state index is -0.882. The van der Waals surface area contributed by atoms with Crippen molar-refractivity contribution >= 4 is 39.3 Å². The molecule has 1 saturated heterocycles. The summed E-state index contributed by atoms with van der Waals surface area (Å²) >= 11 is 3.53. The zero-order chi connectivity index (χ0) is 23.7. The van der Waals surface area contributed by atoms with Gasteiger partial charge in [-0.25, -0.2) is 0 Å². The number of carbonyl (C=O) groups is 3. The summed E-state index contributed by atoms with van der Waals surface area (Å²) in [6.07, 6.45) is 5.74. The molecule has 6 heteroatoms. The van der Waals surface area contributed by atoms with Gasteiger partial charge in [0.25, 0.3) is 0 Å². The van der Waals surface area contributed by atoms with E-state index in [1.54, 1.807) is 0 Å². The molecule has 5 nitrogen and oxygen atoms in total. The number of aryl methyl sites for hydroxylation is 2. The van der Waals surface area contributed by atoms with E-state index in [0.717, 1.165) is 27.6 Å². The number of allylic oxidation sites excluding steroid dienone is 2. The second kappa shape index (κ2) is 7.91. The highest BCUT2D eigenvalue weighted by Crippen LogP contribution is 2.65. The number of likely N-dealkylation sites (tertiary alicyclic amines) is 1. The van der Waals surface area contributed by atoms with Gasteiger partial charge in [-0.05, 0) is 72.8 Å². The van der Waals surface area contributed by atoms with Gasteiger partial charge in [-0.2, -0.15) is 0 Å². The second-order valence-electron chi connectivity index (χ2n) is 10.3. The van der Waals surface area contributed by atoms with Crippen LogP contribution < -0.4 is 5.32 Å². The van der Waals surface area contributed by atoms with Crippen LogP contribution in [0.2, 0.25) is 0 Å². The summed E-state index contributed by atoms with van der Waals surface area (Å²) in [7, 11) is 0. The van der Waals surface area contributed by atoms with E-state index in [0.29, 0.717) is 23.9 Å². The van der Waals surface area contributed by atoms with Gasteiger partial charge in [0.15, 0.2) is 0 Å². The number of benzene rings is 2. The fraction of sp³-hybridized carbons (Fsp3) is 0.393. The Balaban J connectivity index is 1.34. The highest BCUT2D eigenvalue weighted by atomic mass is 79.9. The first-order chi connectivity index (χ1) is 16.3. The quantitative estimate of drug-likeness (QED) is 0.462. The Bertz CT molecular complexity index is 1200. The molecule has 2 bridgehead atoms. The van der Waals surface area contributed by atoms with Crippen LogP contribution in [0.3, 0.4) is 0 Å². The van der Waals surface area contributed by atoms with E-state index < -0.39 is 6.04 Å². The molecule has 7 atom stereocenters. The molecule has 4 aliphatic carbocycles. The number of hydrogen-bond donors (Lipinski definition) is 1. The molecule has 2 saturated carbocycles. The van der Waals surface area contributed by atoms with E-state index in [4.69, 9.17) is 0 Å². The predicted octanol–water partition coefficient (Wildman–Crippen LogP) is 4.67. The second-order valence-corrected chi connectivity index (χ2v) is 11.2. The molecule has 2 aromatic carbocycles. The van der Waals surface area contributed by atoms with Crippen molar-refractivity contribution in [3.63, 3.8) is 0 Å². The molecule has 1 aliphatic heterocycles. The summed E-state index contributed by atoms with van der Waals surface area (Å²) in [4.78, 5) is 42.5. The molecular formula is C28H27BrN2O3. The molecule has 174 valence electrons. The van der Waals surface area contributed by atoms with Crippen molar-refractivity contribution in [2.75, 3.05) is 5.32 Å². The number of rotatable bonds is 5. The SMILES string of the molecule is Cc1cc(NC(=O)[C@H](Cc2ccccc2)N2C(=O)[C@@H]3[C@H]4C=C[C@@H]([C@@H]5C[C@H]45)[C@H]3C2=O)c(C)cc1Br. The maximum Gasteiger partial charge on any atom is 0.248 e. The molecule has 1 N–H and O–H groups in total. The van der Waals surface area contributed by atoms with Crippen LogP contribution in [0.15, 0.2) is 59.1 Å². The molecule has 0 aromatic heterocycles. The van der Waals surface area contributed by atoms with E-state index in [2.05, 4.69) is 33.4 Å². The maximum atomic E-state index is 13.7. The Labute approximate surface area is 207 Å². The van der Waals surface area contributed by atoms with Gasteiger partial charge in [-0.15, -0.1) is 0 Å². The summed E-state index contributed by atoms with van der Waals surface area (Å²) in [5, 5.41) is 3.03. The summed E-state index contributed by atoms with van der Waals surface area (Å²) < 4.78 is 0.972. The summed E-state index contributed by atoms with van der Waals surface area (Å²) in [6.45, 7) is 3.90. The van der Waals surface area contributed by atoms with Gasteiger partial charge in [0.05, 0.1) is 11.8 Å². The van der Waals surface area contributed by atoms with Gasteiger partial charge in [0.2, 0.25) is 17.7 Å². The fourth-order valence-electron chi connectivity index (χ4n) is 6.56. The number of nitrogens with one attached hydrogen (secondary N) is 1. The van der Waals surface area contributed by atoms with Crippen molar-refractivity contribution in [3.8, 4) is 0 Å². The molecular weight excluding hydrogens is 492 g/mol. The topological polar surface area (TPSA) is 66.5 Å². The highest BCUT2D eigenvalue weighted by molar-refractivity contribution is 9.10. The lowest BCUT2D eigenvalue weighted by atomic mass is 9.63. The zero-order valence-corrected chi connectivity index (χ0v) is 20.8. The summed E-state index contributed by atoms with van der Waals surface area (Å²) in [6, 6.07) is 12.6. The number of nitrogens with zero attached hydrogens (tertiary/aromatic N) is 1. The van der Waals surface area contributed by atoms with Crippen molar-refractivity contribution in [1.29, 1.82) is 0 Å². The van der Waals surface area contributed by atoms with Crippen molar-refractivity contribution in [1.82, 2.24) is 4.90 Å². The van der Waals surface area contributed by atoms with E-state index in [9.17, 15) is 14.4 Å². The Hall–Kier alpha value is -2.73. The molecule has 2 aromatic rings. The highest BCUT2D eigenvalue weighted by Gasteiger charge is 2.67. The summed E-state index contributed by atoms with van der Waals surface area (Å²) in [5.41, 5.74) is 3.54. The Morgan fingerprint density at radius 3 is 2.24 bits per heavy atom. The molecule has 0 radical (unpaired) electrons. The molecule has 0 spiro atoms. The van der Waals surface area contributed by atoms with Crippen LogP contribution in [0.5, 0.6) is 0 Å². The average molecular weight is 519 g/mol. The molecule has 7 rings (SSSR count). The van der Waals surface area contributed by atoms with Crippen LogP contribution in [0.25, 0.3) is 0 Å². The van der Waals surface area contributed by atoms with E-state index in [1.165, 1.54) is 4.90 Å². The van der Waals surface area contributed by atoms with Gasteiger partial charge in [-0.3, -0.25) is 19.3 Å². The first-order valence-electron chi connectivity index (χ1n) is 12.0. The van der Waals surface area contributed by atoms with E-state index in [-0.39, 0.29) is 41.4 Å². The number of anilines is 1. The largest absolute Gasteiger partial charge is 0.324 e. The smallest absolute Gasteiger partial charge is 0.248 e. The van der Waals surface area contributed by atoms with Crippen LogP contribution >= 0.6 is 15.9 Å². The maximum absolute atomic E-state index is 13.7. The standard InChI is InChI=1S/C28H27BrN2O3/c1-14-11-22(15(2)10-21(14)29)30-26(32)23(12-16-6-4-3-5-7-16)31-27(33)24-17-8-9-18(20-13-19(17)20)25(24)28(31)34/h3-11,17-20,23-25H,12-13H2,1-2H3,(H,30,32)/t17-,18-,19-,20+,23-,24+,25+/m0/s1. The lowest BCUT2D eigenvalue weighted by Gasteiger charge is -2.37. The first kappa shape index (κ1) is 21.8. The number of imide groups is 1. The van der Waals surface area contributed by atoms with Crippen molar-refractivity contribution in [2.45, 2.75) is 32.7 Å². The molecule has 34 heavy (non-hydrogen) atoms. The Kier molecular flexibility index (Phi) is 5.07. The van der Waals surface area contributed by atoms with Crippen molar-refractivity contribution in [3.05, 3.63) is 75.8 Å². The van der Waals surface area contributed by atoms with E-state index in [1.807, 2.05) is 56.3 Å². The van der Waals surface area contributed by atoms with Crippen LogP contribution in [0.1, 0.15) is 23.1 Å². The lowest BCUT2D eigenvalue weighted by molar-refractivity contribution is -0.146. The molecule has 5 aliphatic rings. The number of hydrogen-bond acceptors (Lipinski definition) is 3. The van der Waals surface area contributed by atoms with Crippen molar-refractivity contribution < 1.29 is 14.4 Å². The third-order valence-electron chi connectivity index (χ3n) is 8.35. The van der Waals surface area contributed by atoms with Gasteiger partial charge < -0.3 is 5.32 Å². The zero-order valence-electron chi connectivity index (χ0n) is 19.2. The van der Waals surface area contributed by atoms with Gasteiger partial charge >= 0.3 is 0 Å². The number of halogens is 1. The fourth-order valence-corrected chi connectivity index (χ4v) is 7.02. The van der Waals surface area contributed by atoms with Crippen molar-refractivity contribution in [2.24, 2.45) is 35.5 Å². The lowest BCUT2D eigenvalue weighted by Crippen LogP contribution is -2.49. The molecule has 1 heterocycles. The molecule has 0 unspecified atom stereocenters. The van der Waals surface area contributed by atoms with Gasteiger partial charge in [-0.1, -0.05) is 58.4 Å². The van der Waals surface area contributed by atoms with Gasteiger partial charge in [0.1, 0.15) is 6.04 Å².